The third-order valence-electron chi connectivity index (χ3n) is 2.53. The molecule has 1 aliphatic heterocycles. The van der Waals surface area contributed by atoms with Gasteiger partial charge in [0, 0.05) is 13.8 Å². The summed E-state index contributed by atoms with van der Waals surface area (Å²) in [4.78, 5) is 22.9. The second-order valence-electron chi connectivity index (χ2n) is 3.80. The van der Waals surface area contributed by atoms with E-state index >= 15 is 0 Å². The van der Waals surface area contributed by atoms with E-state index < -0.39 is 5.54 Å². The van der Waals surface area contributed by atoms with Gasteiger partial charge in [-0.05, 0) is 0 Å². The Morgan fingerprint density at radius 2 is 2.08 bits per heavy atom. The SMILES string of the molecule is COC(=O)C(C)(C)[NH+]1C[C@@H]1C(N)=O. The molecule has 0 aromatic carbocycles. The van der Waals surface area contributed by atoms with Crippen molar-refractivity contribution in [2.24, 2.45) is 5.73 Å². The molecule has 74 valence electrons. The molecule has 1 unspecified atom stereocenters. The summed E-state index contributed by atoms with van der Waals surface area (Å²) in [5.74, 6) is -0.668. The van der Waals surface area contributed by atoms with E-state index in [1.54, 1.807) is 13.8 Å². The highest BCUT2D eigenvalue weighted by molar-refractivity contribution is 5.82. The normalized spacial score (nSPS) is 26.7. The third-order valence-corrected chi connectivity index (χ3v) is 2.53. The Labute approximate surface area is 76.8 Å². The number of methoxy groups -OCH3 is 1. The number of amides is 1. The van der Waals surface area contributed by atoms with Crippen LogP contribution in [0.2, 0.25) is 0 Å². The van der Waals surface area contributed by atoms with Crippen molar-refractivity contribution in [3.05, 3.63) is 0 Å². The largest absolute Gasteiger partial charge is 0.464 e. The fourth-order valence-electron chi connectivity index (χ4n) is 1.51. The Balaban J connectivity index is 2.64. The van der Waals surface area contributed by atoms with Crippen LogP contribution in [-0.4, -0.2) is 37.1 Å². The van der Waals surface area contributed by atoms with E-state index in [0.717, 1.165) is 4.90 Å². The number of nitrogens with one attached hydrogen (secondary N) is 1. The van der Waals surface area contributed by atoms with Crippen molar-refractivity contribution in [1.82, 2.24) is 0 Å². The Bertz CT molecular complexity index is 250. The maximum absolute atomic E-state index is 11.3. The fraction of sp³-hybridized carbons (Fsp3) is 0.750. The second-order valence-corrected chi connectivity index (χ2v) is 3.80. The van der Waals surface area contributed by atoms with E-state index in [1.807, 2.05) is 0 Å². The maximum atomic E-state index is 11.3. The molecular formula is C8H15N2O3+. The molecular weight excluding hydrogens is 172 g/mol. The molecule has 0 bridgehead atoms. The molecule has 1 rings (SSSR count). The van der Waals surface area contributed by atoms with E-state index in [9.17, 15) is 9.59 Å². The van der Waals surface area contributed by atoms with Crippen LogP contribution in [0.4, 0.5) is 0 Å². The molecule has 0 aliphatic carbocycles. The van der Waals surface area contributed by atoms with Gasteiger partial charge >= 0.3 is 5.97 Å². The first kappa shape index (κ1) is 9.98. The quantitative estimate of drug-likeness (QED) is 0.385. The van der Waals surface area contributed by atoms with Crippen LogP contribution < -0.4 is 10.6 Å². The van der Waals surface area contributed by atoms with Crippen LogP contribution in [0.25, 0.3) is 0 Å². The summed E-state index contributed by atoms with van der Waals surface area (Å²) in [6.07, 6.45) is 0. The van der Waals surface area contributed by atoms with Gasteiger partial charge in [0.25, 0.3) is 5.91 Å². The third kappa shape index (κ3) is 1.65. The van der Waals surface area contributed by atoms with Crippen molar-refractivity contribution in [2.45, 2.75) is 25.4 Å². The van der Waals surface area contributed by atoms with E-state index in [0.29, 0.717) is 6.54 Å². The van der Waals surface area contributed by atoms with Gasteiger partial charge in [-0.3, -0.25) is 4.79 Å². The number of rotatable bonds is 3. The van der Waals surface area contributed by atoms with Crippen LogP contribution >= 0.6 is 0 Å². The second kappa shape index (κ2) is 2.99. The maximum Gasteiger partial charge on any atom is 0.367 e. The van der Waals surface area contributed by atoms with Gasteiger partial charge < -0.3 is 15.4 Å². The lowest BCUT2D eigenvalue weighted by Crippen LogP contribution is -3.06. The average Bonchev–Trinajstić information content (AvgIpc) is 2.81. The first-order valence-electron chi connectivity index (χ1n) is 4.15. The topological polar surface area (TPSA) is 73.8 Å². The highest BCUT2D eigenvalue weighted by Crippen LogP contribution is 2.05. The van der Waals surface area contributed by atoms with Crippen molar-refractivity contribution >= 4 is 11.9 Å². The summed E-state index contributed by atoms with van der Waals surface area (Å²) in [5, 5.41) is 0. The molecule has 1 fully saturated rings. The van der Waals surface area contributed by atoms with Gasteiger partial charge in [0.15, 0.2) is 5.54 Å². The number of nitrogens with two attached hydrogens (primary N) is 1. The molecule has 13 heavy (non-hydrogen) atoms. The summed E-state index contributed by atoms with van der Waals surface area (Å²) in [7, 11) is 1.34. The summed E-state index contributed by atoms with van der Waals surface area (Å²) < 4.78 is 4.63. The molecule has 1 heterocycles. The van der Waals surface area contributed by atoms with Gasteiger partial charge in [0.1, 0.15) is 6.54 Å². The molecule has 0 spiro atoms. The number of primary amides is 1. The van der Waals surface area contributed by atoms with Gasteiger partial charge in [-0.25, -0.2) is 4.79 Å². The minimum Gasteiger partial charge on any atom is -0.464 e. The standard InChI is InChI=1S/C8H14N2O3/c1-8(2,7(12)13-3)10-4-5(10)6(9)11/h5H,4H2,1-3H3,(H2,9,11)/p+1/t5-,10?/m1/s1. The molecule has 0 aromatic heterocycles. The predicted molar refractivity (Wildman–Crippen MR) is 44.9 cm³/mol. The van der Waals surface area contributed by atoms with E-state index in [-0.39, 0.29) is 17.9 Å². The number of ether oxygens (including phenoxy) is 1. The minimum absolute atomic E-state index is 0.228. The van der Waals surface area contributed by atoms with E-state index in [2.05, 4.69) is 4.74 Å². The zero-order valence-corrected chi connectivity index (χ0v) is 8.09. The summed E-state index contributed by atoms with van der Waals surface area (Å²) >= 11 is 0. The first-order valence-corrected chi connectivity index (χ1v) is 4.15. The predicted octanol–water partition coefficient (Wildman–Crippen LogP) is -2.31. The number of carbonyl (C=O) groups excluding carboxylic acids is 2. The van der Waals surface area contributed by atoms with Crippen LogP contribution in [0.5, 0.6) is 0 Å². The highest BCUT2D eigenvalue weighted by atomic mass is 16.5. The Kier molecular flexibility index (Phi) is 2.30. The van der Waals surface area contributed by atoms with Crippen molar-refractivity contribution in [3.8, 4) is 0 Å². The number of carbonyl (C=O) groups is 2. The monoisotopic (exact) mass is 187 g/mol. The van der Waals surface area contributed by atoms with Crippen LogP contribution in [0, 0.1) is 0 Å². The zero-order valence-electron chi connectivity index (χ0n) is 8.09. The lowest BCUT2D eigenvalue weighted by molar-refractivity contribution is -0.816. The van der Waals surface area contributed by atoms with Gasteiger partial charge in [-0.15, -0.1) is 0 Å². The first-order chi connectivity index (χ1) is 5.91. The van der Waals surface area contributed by atoms with Crippen molar-refractivity contribution < 1.29 is 19.2 Å². The summed E-state index contributed by atoms with van der Waals surface area (Å²) in [6.45, 7) is 4.12. The van der Waals surface area contributed by atoms with E-state index in [4.69, 9.17) is 5.73 Å². The van der Waals surface area contributed by atoms with Gasteiger partial charge in [-0.2, -0.15) is 0 Å². The van der Waals surface area contributed by atoms with Crippen molar-refractivity contribution in [2.75, 3.05) is 13.7 Å². The Morgan fingerprint density at radius 3 is 2.38 bits per heavy atom. The lowest BCUT2D eigenvalue weighted by atomic mass is 10.1. The molecule has 0 aromatic rings. The summed E-state index contributed by atoms with van der Waals surface area (Å²) in [6, 6.07) is -0.228. The van der Waals surface area contributed by atoms with Crippen molar-refractivity contribution in [1.29, 1.82) is 0 Å². The number of hydrogen-bond acceptors (Lipinski definition) is 3. The molecule has 1 saturated heterocycles. The number of hydrogen-bond donors (Lipinski definition) is 2. The van der Waals surface area contributed by atoms with Gasteiger partial charge in [0.05, 0.1) is 7.11 Å². The van der Waals surface area contributed by atoms with Crippen LogP contribution in [0.1, 0.15) is 13.8 Å². The van der Waals surface area contributed by atoms with Crippen LogP contribution in [0.3, 0.4) is 0 Å². The molecule has 1 aliphatic rings. The van der Waals surface area contributed by atoms with Gasteiger partial charge in [0.2, 0.25) is 6.04 Å². The molecule has 3 N–H and O–H groups in total. The minimum atomic E-state index is -0.672. The highest BCUT2D eigenvalue weighted by Gasteiger charge is 2.57. The van der Waals surface area contributed by atoms with E-state index in [1.165, 1.54) is 7.11 Å². The Morgan fingerprint density at radius 1 is 1.54 bits per heavy atom. The Hall–Kier alpha value is -1.10. The zero-order chi connectivity index (χ0) is 10.2. The fourth-order valence-corrected chi connectivity index (χ4v) is 1.51. The smallest absolute Gasteiger partial charge is 0.367 e. The van der Waals surface area contributed by atoms with Crippen molar-refractivity contribution in [3.63, 3.8) is 0 Å². The van der Waals surface area contributed by atoms with Crippen LogP contribution in [-0.2, 0) is 14.3 Å². The summed E-state index contributed by atoms with van der Waals surface area (Å²) in [5.41, 5.74) is 4.44. The molecule has 5 heteroatoms. The average molecular weight is 187 g/mol. The lowest BCUT2D eigenvalue weighted by Gasteiger charge is -2.19. The number of esters is 1. The van der Waals surface area contributed by atoms with Gasteiger partial charge in [-0.1, -0.05) is 0 Å². The number of quaternary nitrogens is 1. The molecule has 0 saturated carbocycles. The molecule has 1 amide bonds. The molecule has 2 atom stereocenters. The molecule has 0 radical (unpaired) electrons. The molecule has 5 nitrogen and oxygen atoms in total. The van der Waals surface area contributed by atoms with Crippen LogP contribution in [0.15, 0.2) is 0 Å².